The maximum Gasteiger partial charge on any atom is 0.181 e. The van der Waals surface area contributed by atoms with Crippen molar-refractivity contribution in [1.29, 1.82) is 0 Å². The van der Waals surface area contributed by atoms with Crippen molar-refractivity contribution in [3.8, 4) is 0 Å². The Labute approximate surface area is 77.5 Å². The third-order valence-corrected chi connectivity index (χ3v) is 1.19. The molecule has 1 rings (SSSR count). The van der Waals surface area contributed by atoms with Crippen LogP contribution in [0, 0.1) is 0 Å². The van der Waals surface area contributed by atoms with Crippen LogP contribution in [0.15, 0.2) is 29.4 Å². The number of aryl methyl sites for hydroxylation is 1. The van der Waals surface area contributed by atoms with Crippen LogP contribution in [0.4, 0.5) is 0 Å². The van der Waals surface area contributed by atoms with Crippen LogP contribution in [-0.2, 0) is 7.05 Å². The lowest BCUT2D eigenvalue weighted by Gasteiger charge is -1.84. The van der Waals surface area contributed by atoms with Crippen molar-refractivity contribution < 1.29 is 28.5 Å². The number of halogens is 1. The number of nitrogens with zero attached hydrogens (tertiary/aromatic N) is 1. The van der Waals surface area contributed by atoms with E-state index >= 15 is 0 Å². The summed E-state index contributed by atoms with van der Waals surface area (Å²) in [5, 5.41) is 0. The molecule has 0 radical (unpaired) electrons. The zero-order valence-corrected chi connectivity index (χ0v) is 8.13. The summed E-state index contributed by atoms with van der Waals surface area (Å²) < 4.78 is 1.96. The monoisotopic (exact) mass is 253 g/mol. The molecular weight excluding hydrogens is 245 g/mol. The minimum atomic E-state index is 0. The third-order valence-electron chi connectivity index (χ3n) is 0.924. The lowest BCUT2D eigenvalue weighted by Crippen LogP contribution is -3.00. The third kappa shape index (κ3) is 3.05. The number of rotatable bonds is 0. The fraction of sp³-hybridized carbons (Fsp3) is 0.167. The van der Waals surface area contributed by atoms with Gasteiger partial charge < -0.3 is 24.0 Å². The first-order valence-electron chi connectivity index (χ1n) is 2.43. The highest BCUT2D eigenvalue weighted by Crippen LogP contribution is 1.96. The number of thiol groups is 1. The van der Waals surface area contributed by atoms with Crippen molar-refractivity contribution in [2.24, 2.45) is 7.05 Å². The highest BCUT2D eigenvalue weighted by molar-refractivity contribution is 7.80. The summed E-state index contributed by atoms with van der Waals surface area (Å²) in [6, 6.07) is 3.91. The summed E-state index contributed by atoms with van der Waals surface area (Å²) in [5.74, 6) is 0. The molecule has 1 aromatic rings. The van der Waals surface area contributed by atoms with Crippen molar-refractivity contribution in [1.82, 2.24) is 0 Å². The summed E-state index contributed by atoms with van der Waals surface area (Å²) in [7, 11) is 1.97. The van der Waals surface area contributed by atoms with Gasteiger partial charge in [-0.2, -0.15) is 0 Å². The average molecular weight is 253 g/mol. The van der Waals surface area contributed by atoms with E-state index in [1.807, 2.05) is 36.1 Å². The summed E-state index contributed by atoms with van der Waals surface area (Å²) in [6.45, 7) is 0. The Morgan fingerprint density at radius 3 is 2.56 bits per heavy atom. The number of aromatic nitrogens is 1. The largest absolute Gasteiger partial charge is 1.00 e. The second-order valence-electron chi connectivity index (χ2n) is 1.73. The fourth-order valence-electron chi connectivity index (χ4n) is 0.572. The SMILES string of the molecule is C[n+]1cccc(S)c1.[I-]. The van der Waals surface area contributed by atoms with E-state index in [1.165, 1.54) is 0 Å². The predicted octanol–water partition coefficient (Wildman–Crippen LogP) is -2.20. The molecule has 0 saturated heterocycles. The van der Waals surface area contributed by atoms with Crippen LogP contribution in [0.3, 0.4) is 0 Å². The molecule has 50 valence electrons. The Hall–Kier alpha value is 0.230. The first-order valence-corrected chi connectivity index (χ1v) is 2.88. The van der Waals surface area contributed by atoms with Crippen molar-refractivity contribution in [2.75, 3.05) is 0 Å². The van der Waals surface area contributed by atoms with Crippen molar-refractivity contribution in [3.63, 3.8) is 0 Å². The quantitative estimate of drug-likeness (QED) is 0.304. The second-order valence-corrected chi connectivity index (χ2v) is 2.24. The molecule has 0 unspecified atom stereocenters. The van der Waals surface area contributed by atoms with Gasteiger partial charge in [0, 0.05) is 6.07 Å². The van der Waals surface area contributed by atoms with Gasteiger partial charge in [0.05, 0.1) is 4.90 Å². The van der Waals surface area contributed by atoms with Gasteiger partial charge in [0.15, 0.2) is 12.4 Å². The van der Waals surface area contributed by atoms with Gasteiger partial charge in [0.25, 0.3) is 0 Å². The van der Waals surface area contributed by atoms with E-state index in [0.717, 1.165) is 4.90 Å². The second kappa shape index (κ2) is 4.11. The summed E-state index contributed by atoms with van der Waals surface area (Å²) >= 11 is 4.13. The van der Waals surface area contributed by atoms with Gasteiger partial charge in [0.2, 0.25) is 0 Å². The smallest absolute Gasteiger partial charge is 0.181 e. The van der Waals surface area contributed by atoms with Crippen LogP contribution >= 0.6 is 12.6 Å². The zero-order chi connectivity index (χ0) is 5.98. The maximum absolute atomic E-state index is 4.13. The minimum Gasteiger partial charge on any atom is -1.00 e. The molecule has 1 heterocycles. The normalized spacial score (nSPS) is 8.22. The Balaban J connectivity index is 0.000000640. The van der Waals surface area contributed by atoms with Crippen LogP contribution < -0.4 is 28.5 Å². The van der Waals surface area contributed by atoms with E-state index in [0.29, 0.717) is 0 Å². The molecule has 3 heteroatoms. The van der Waals surface area contributed by atoms with E-state index in [-0.39, 0.29) is 24.0 Å². The zero-order valence-electron chi connectivity index (χ0n) is 5.08. The van der Waals surface area contributed by atoms with Gasteiger partial charge in [-0.3, -0.25) is 0 Å². The Kier molecular flexibility index (Phi) is 4.22. The number of hydrogen-bond donors (Lipinski definition) is 1. The summed E-state index contributed by atoms with van der Waals surface area (Å²) in [4.78, 5) is 0.995. The van der Waals surface area contributed by atoms with Crippen molar-refractivity contribution in [3.05, 3.63) is 24.5 Å². The van der Waals surface area contributed by atoms with Crippen LogP contribution in [0.2, 0.25) is 0 Å². The van der Waals surface area contributed by atoms with Gasteiger partial charge in [-0.05, 0) is 6.07 Å². The Bertz CT molecular complexity index is 173. The molecule has 0 aliphatic heterocycles. The molecule has 0 N–H and O–H groups in total. The predicted molar refractivity (Wildman–Crippen MR) is 34.9 cm³/mol. The first-order chi connectivity index (χ1) is 3.79. The van der Waals surface area contributed by atoms with E-state index in [2.05, 4.69) is 12.6 Å². The molecule has 1 nitrogen and oxygen atoms in total. The van der Waals surface area contributed by atoms with Gasteiger partial charge in [0.1, 0.15) is 7.05 Å². The molecule has 0 aliphatic carbocycles. The van der Waals surface area contributed by atoms with Gasteiger partial charge in [-0.25, -0.2) is 4.57 Å². The molecule has 9 heavy (non-hydrogen) atoms. The molecule has 0 bridgehead atoms. The van der Waals surface area contributed by atoms with Crippen LogP contribution in [0.25, 0.3) is 0 Å². The standard InChI is InChI=1S/C6H7NS.HI/c1-7-4-2-3-6(8)5-7;/h2-5H,1H3;1H. The molecular formula is C6H8INS. The van der Waals surface area contributed by atoms with E-state index in [1.54, 1.807) is 0 Å². The average Bonchev–Trinajstić information content (AvgIpc) is 1.64. The number of pyridine rings is 1. The van der Waals surface area contributed by atoms with Crippen LogP contribution in [-0.4, -0.2) is 0 Å². The van der Waals surface area contributed by atoms with Crippen LogP contribution in [0.1, 0.15) is 0 Å². The van der Waals surface area contributed by atoms with Gasteiger partial charge in [-0.15, -0.1) is 12.6 Å². The van der Waals surface area contributed by atoms with Gasteiger partial charge in [-0.1, -0.05) is 0 Å². The Morgan fingerprint density at radius 1 is 1.56 bits per heavy atom. The highest BCUT2D eigenvalue weighted by atomic mass is 127. The molecule has 0 spiro atoms. The molecule has 1 aromatic heterocycles. The Morgan fingerprint density at radius 2 is 2.22 bits per heavy atom. The lowest BCUT2D eigenvalue weighted by molar-refractivity contribution is -0.673. The molecule has 0 fully saturated rings. The van der Waals surface area contributed by atoms with Crippen molar-refractivity contribution >= 4 is 12.6 Å². The highest BCUT2D eigenvalue weighted by Gasteiger charge is 1.88. The number of hydrogen-bond acceptors (Lipinski definition) is 1. The molecule has 0 saturated carbocycles. The molecule has 0 aromatic carbocycles. The first kappa shape index (κ1) is 9.23. The molecule has 0 atom stereocenters. The fourth-order valence-corrected chi connectivity index (χ4v) is 0.840. The van der Waals surface area contributed by atoms with E-state index in [4.69, 9.17) is 0 Å². The van der Waals surface area contributed by atoms with E-state index < -0.39 is 0 Å². The van der Waals surface area contributed by atoms with Gasteiger partial charge >= 0.3 is 0 Å². The maximum atomic E-state index is 4.13. The lowest BCUT2D eigenvalue weighted by atomic mass is 10.5. The molecule has 0 amide bonds. The van der Waals surface area contributed by atoms with E-state index in [9.17, 15) is 0 Å². The molecule has 0 aliphatic rings. The minimum absolute atomic E-state index is 0. The summed E-state index contributed by atoms with van der Waals surface area (Å²) in [5.41, 5.74) is 0. The summed E-state index contributed by atoms with van der Waals surface area (Å²) in [6.07, 6.45) is 3.92. The topological polar surface area (TPSA) is 3.88 Å². The van der Waals surface area contributed by atoms with Crippen molar-refractivity contribution in [2.45, 2.75) is 4.90 Å². The van der Waals surface area contributed by atoms with Crippen LogP contribution in [0.5, 0.6) is 0 Å².